The van der Waals surface area contributed by atoms with Crippen LogP contribution in [0, 0.1) is 0 Å². The molecule has 0 aromatic heterocycles. The summed E-state index contributed by atoms with van der Waals surface area (Å²) in [6.45, 7) is 1.27. The van der Waals surface area contributed by atoms with Crippen LogP contribution in [0.2, 0.25) is 0 Å². The Kier molecular flexibility index (Phi) is 5.50. The molecule has 0 bridgehead atoms. The van der Waals surface area contributed by atoms with E-state index < -0.39 is 34.7 Å². The summed E-state index contributed by atoms with van der Waals surface area (Å²) in [6.07, 6.45) is -9.11. The second-order valence-electron chi connectivity index (χ2n) is 6.82. The Balaban J connectivity index is 2.28. The first-order valence-corrected chi connectivity index (χ1v) is 8.89. The SMILES string of the molecule is CC(=O)C(c1ccccc1)(c1ccc(C(F)(F)F)cc1)c1ccc(C(F)(F)F)cc1. The van der Waals surface area contributed by atoms with E-state index in [0.29, 0.717) is 5.56 Å². The van der Waals surface area contributed by atoms with Crippen LogP contribution < -0.4 is 0 Å². The van der Waals surface area contributed by atoms with E-state index in [9.17, 15) is 31.1 Å². The second-order valence-corrected chi connectivity index (χ2v) is 6.82. The lowest BCUT2D eigenvalue weighted by atomic mass is 9.67. The van der Waals surface area contributed by atoms with E-state index in [-0.39, 0.29) is 11.1 Å². The van der Waals surface area contributed by atoms with Crippen molar-refractivity contribution in [2.24, 2.45) is 0 Å². The molecule has 3 aromatic carbocycles. The van der Waals surface area contributed by atoms with Crippen molar-refractivity contribution in [1.82, 2.24) is 0 Å². The maximum Gasteiger partial charge on any atom is 0.416 e. The predicted molar refractivity (Wildman–Crippen MR) is 99.9 cm³/mol. The molecule has 0 saturated heterocycles. The minimum atomic E-state index is -4.56. The molecule has 0 aliphatic heterocycles. The number of rotatable bonds is 4. The van der Waals surface area contributed by atoms with Crippen LogP contribution in [-0.2, 0) is 22.6 Å². The van der Waals surface area contributed by atoms with Crippen molar-refractivity contribution < 1.29 is 31.1 Å². The molecule has 0 amide bonds. The van der Waals surface area contributed by atoms with Gasteiger partial charge in [-0.05, 0) is 47.9 Å². The summed E-state index contributed by atoms with van der Waals surface area (Å²) < 4.78 is 78.0. The van der Waals surface area contributed by atoms with Gasteiger partial charge in [-0.3, -0.25) is 4.79 Å². The lowest BCUT2D eigenvalue weighted by molar-refractivity contribution is -0.138. The Morgan fingerprint density at radius 2 is 0.833 bits per heavy atom. The van der Waals surface area contributed by atoms with Crippen molar-refractivity contribution in [2.75, 3.05) is 0 Å². The van der Waals surface area contributed by atoms with Crippen molar-refractivity contribution >= 4 is 5.78 Å². The normalized spacial score (nSPS) is 12.6. The molecule has 30 heavy (non-hydrogen) atoms. The van der Waals surface area contributed by atoms with Gasteiger partial charge in [0.05, 0.1) is 11.1 Å². The molecule has 0 unspecified atom stereocenters. The highest BCUT2D eigenvalue weighted by Crippen LogP contribution is 2.42. The third kappa shape index (κ3) is 3.84. The molecule has 0 spiro atoms. The summed E-state index contributed by atoms with van der Waals surface area (Å²) in [5.74, 6) is -0.437. The molecule has 7 heteroatoms. The van der Waals surface area contributed by atoms with Gasteiger partial charge in [0, 0.05) is 0 Å². The first kappa shape index (κ1) is 21.6. The smallest absolute Gasteiger partial charge is 0.298 e. The maximum atomic E-state index is 13.0. The number of ketones is 1. The molecule has 156 valence electrons. The van der Waals surface area contributed by atoms with E-state index in [2.05, 4.69) is 0 Å². The maximum absolute atomic E-state index is 13.0. The molecule has 0 aliphatic rings. The van der Waals surface area contributed by atoms with Gasteiger partial charge in [0.15, 0.2) is 0 Å². The van der Waals surface area contributed by atoms with E-state index in [1.807, 2.05) is 0 Å². The summed E-state index contributed by atoms with van der Waals surface area (Å²) >= 11 is 0. The average molecular weight is 422 g/mol. The topological polar surface area (TPSA) is 17.1 Å². The molecule has 0 N–H and O–H groups in total. The molecule has 0 aliphatic carbocycles. The molecule has 0 radical (unpaired) electrons. The molecule has 0 atom stereocenters. The minimum absolute atomic E-state index is 0.231. The second kappa shape index (κ2) is 7.63. The number of carbonyl (C=O) groups excluding carboxylic acids is 1. The molecule has 0 saturated carbocycles. The first-order valence-electron chi connectivity index (χ1n) is 8.89. The monoisotopic (exact) mass is 422 g/mol. The highest BCUT2D eigenvalue weighted by molar-refractivity contribution is 5.96. The number of carbonyl (C=O) groups is 1. The summed E-state index contributed by atoms with van der Waals surface area (Å²) in [7, 11) is 0. The Labute approximate surface area is 169 Å². The van der Waals surface area contributed by atoms with E-state index in [1.54, 1.807) is 30.3 Å². The molecule has 3 rings (SSSR count). The Bertz CT molecular complexity index is 959. The van der Waals surface area contributed by atoms with Crippen molar-refractivity contribution in [3.63, 3.8) is 0 Å². The fourth-order valence-electron chi connectivity index (χ4n) is 3.62. The number of benzene rings is 3. The first-order chi connectivity index (χ1) is 14.0. The van der Waals surface area contributed by atoms with Crippen molar-refractivity contribution in [3.8, 4) is 0 Å². The van der Waals surface area contributed by atoms with Crippen molar-refractivity contribution in [3.05, 3.63) is 107 Å². The molecule has 1 nitrogen and oxygen atoms in total. The van der Waals surface area contributed by atoms with Crippen molar-refractivity contribution in [2.45, 2.75) is 24.7 Å². The number of halogens is 6. The Hall–Kier alpha value is -3.09. The van der Waals surface area contributed by atoms with Crippen LogP contribution in [0.5, 0.6) is 0 Å². The third-order valence-corrected chi connectivity index (χ3v) is 5.03. The number of alkyl halides is 6. The van der Waals surface area contributed by atoms with E-state index in [0.717, 1.165) is 24.3 Å². The van der Waals surface area contributed by atoms with Crippen LogP contribution in [0.3, 0.4) is 0 Å². The van der Waals surface area contributed by atoms with E-state index in [1.165, 1.54) is 31.2 Å². The average Bonchev–Trinajstić information content (AvgIpc) is 2.69. The minimum Gasteiger partial charge on any atom is -0.298 e. The number of hydrogen-bond acceptors (Lipinski definition) is 1. The summed E-state index contributed by atoms with van der Waals surface area (Å²) in [6, 6.07) is 16.5. The largest absolute Gasteiger partial charge is 0.416 e. The Morgan fingerprint density at radius 1 is 0.533 bits per heavy atom. The van der Waals surface area contributed by atoms with Gasteiger partial charge in [0.25, 0.3) is 0 Å². The lowest BCUT2D eigenvalue weighted by Gasteiger charge is -2.33. The van der Waals surface area contributed by atoms with Crippen LogP contribution in [0.1, 0.15) is 34.7 Å². The zero-order valence-corrected chi connectivity index (χ0v) is 15.7. The third-order valence-electron chi connectivity index (χ3n) is 5.03. The quantitative estimate of drug-likeness (QED) is 0.340. The molecular formula is C23H16F6O. The van der Waals surface area contributed by atoms with Crippen molar-refractivity contribution in [1.29, 1.82) is 0 Å². The molecule has 3 aromatic rings. The summed E-state index contributed by atoms with van der Waals surface area (Å²) in [5.41, 5.74) is -2.43. The Morgan fingerprint density at radius 3 is 1.13 bits per heavy atom. The number of Topliss-reactive ketones (excluding diaryl/α,β-unsaturated/α-hetero) is 1. The highest BCUT2D eigenvalue weighted by atomic mass is 19.4. The zero-order valence-electron chi connectivity index (χ0n) is 15.7. The van der Waals surface area contributed by atoms with Gasteiger partial charge in [-0.2, -0.15) is 26.3 Å². The van der Waals surface area contributed by atoms with Gasteiger partial charge in [-0.1, -0.05) is 54.6 Å². The standard InChI is InChI=1S/C23H16F6O/c1-15(30)21(16-5-3-2-4-6-16,17-7-11-19(12-8-17)22(24,25)26)18-9-13-20(14-10-18)23(27,28)29/h2-14H,1H3. The van der Waals surface area contributed by atoms with Crippen LogP contribution in [0.15, 0.2) is 78.9 Å². The van der Waals surface area contributed by atoms with Gasteiger partial charge in [0.2, 0.25) is 0 Å². The fraction of sp³-hybridized carbons (Fsp3) is 0.174. The summed E-state index contributed by atoms with van der Waals surface area (Å²) in [5, 5.41) is 0. The van der Waals surface area contributed by atoms with Gasteiger partial charge in [-0.15, -0.1) is 0 Å². The molecule has 0 heterocycles. The predicted octanol–water partition coefficient (Wildman–Crippen LogP) is 6.65. The lowest BCUT2D eigenvalue weighted by Crippen LogP contribution is -2.37. The zero-order chi connectivity index (χ0) is 22.2. The van der Waals surface area contributed by atoms with Gasteiger partial charge < -0.3 is 0 Å². The van der Waals surface area contributed by atoms with Crippen LogP contribution in [-0.4, -0.2) is 5.78 Å². The van der Waals surface area contributed by atoms with Crippen LogP contribution >= 0.6 is 0 Å². The van der Waals surface area contributed by atoms with Crippen LogP contribution in [0.4, 0.5) is 26.3 Å². The van der Waals surface area contributed by atoms with E-state index in [4.69, 9.17) is 0 Å². The van der Waals surface area contributed by atoms with Gasteiger partial charge >= 0.3 is 12.4 Å². The number of hydrogen-bond donors (Lipinski definition) is 0. The molecular weight excluding hydrogens is 406 g/mol. The van der Waals surface area contributed by atoms with Gasteiger partial charge in [0.1, 0.15) is 11.2 Å². The molecule has 0 fully saturated rings. The van der Waals surface area contributed by atoms with E-state index >= 15 is 0 Å². The highest BCUT2D eigenvalue weighted by Gasteiger charge is 2.42. The summed E-state index contributed by atoms with van der Waals surface area (Å²) in [4.78, 5) is 13.0. The van der Waals surface area contributed by atoms with Gasteiger partial charge in [-0.25, -0.2) is 0 Å². The fourth-order valence-corrected chi connectivity index (χ4v) is 3.62. The van der Waals surface area contributed by atoms with Crippen LogP contribution in [0.25, 0.3) is 0 Å².